The van der Waals surface area contributed by atoms with Crippen LogP contribution in [0.2, 0.25) is 0 Å². The second-order valence-electron chi connectivity index (χ2n) is 6.35. The third kappa shape index (κ3) is 4.41. The van der Waals surface area contributed by atoms with E-state index in [0.29, 0.717) is 29.8 Å². The normalized spacial score (nSPS) is 18.5. The summed E-state index contributed by atoms with van der Waals surface area (Å²) in [6, 6.07) is 15.7. The number of carbonyl (C=O) groups excluding carboxylic acids is 2. The summed E-state index contributed by atoms with van der Waals surface area (Å²) in [5, 5.41) is 14.9. The molecule has 0 bridgehead atoms. The van der Waals surface area contributed by atoms with E-state index in [1.165, 1.54) is 0 Å². The lowest BCUT2D eigenvalue weighted by Crippen LogP contribution is -2.35. The third-order valence-corrected chi connectivity index (χ3v) is 4.55. The quantitative estimate of drug-likeness (QED) is 0.707. The summed E-state index contributed by atoms with van der Waals surface area (Å²) < 4.78 is 0. The van der Waals surface area contributed by atoms with Crippen LogP contribution < -0.4 is 10.6 Å². The first-order chi connectivity index (χ1) is 13.1. The molecule has 0 heterocycles. The molecule has 1 aliphatic carbocycles. The zero-order valence-electron chi connectivity index (χ0n) is 14.6. The van der Waals surface area contributed by atoms with Crippen LogP contribution in [0.15, 0.2) is 66.7 Å². The van der Waals surface area contributed by atoms with Gasteiger partial charge in [-0.15, -0.1) is 0 Å². The standard InChI is InChI=1S/C21H20N2O4/c24-19(15-10-4-5-11-16(15)21(26)27)23-18-13-7-6-12-17(18)20(25)22-14-8-2-1-3-9-14/h1-9,12-13,15-16H,10-11H2,(H,22,25)(H,23,24)(H,26,27)/t15-,16-/m0/s1. The Morgan fingerprint density at radius 2 is 1.44 bits per heavy atom. The molecule has 0 fully saturated rings. The van der Waals surface area contributed by atoms with Gasteiger partial charge in [0.05, 0.1) is 23.1 Å². The van der Waals surface area contributed by atoms with Crippen molar-refractivity contribution in [3.63, 3.8) is 0 Å². The number of carbonyl (C=O) groups is 3. The van der Waals surface area contributed by atoms with Crippen molar-refractivity contribution in [1.29, 1.82) is 0 Å². The van der Waals surface area contributed by atoms with Gasteiger partial charge in [-0.1, -0.05) is 42.5 Å². The Bertz CT molecular complexity index is 877. The Morgan fingerprint density at radius 3 is 2.15 bits per heavy atom. The Hall–Kier alpha value is -3.41. The van der Waals surface area contributed by atoms with E-state index < -0.39 is 23.7 Å². The van der Waals surface area contributed by atoms with Gasteiger partial charge in [-0.25, -0.2) is 0 Å². The number of aliphatic carboxylic acids is 1. The largest absolute Gasteiger partial charge is 0.481 e. The van der Waals surface area contributed by atoms with Crippen molar-refractivity contribution >= 4 is 29.2 Å². The Morgan fingerprint density at radius 1 is 0.815 bits per heavy atom. The van der Waals surface area contributed by atoms with E-state index in [4.69, 9.17) is 0 Å². The van der Waals surface area contributed by atoms with Gasteiger partial charge in [-0.3, -0.25) is 14.4 Å². The molecular weight excluding hydrogens is 344 g/mol. The molecule has 3 N–H and O–H groups in total. The Balaban J connectivity index is 1.77. The maximum atomic E-state index is 12.7. The van der Waals surface area contributed by atoms with E-state index in [0.717, 1.165) is 0 Å². The summed E-state index contributed by atoms with van der Waals surface area (Å²) in [4.78, 5) is 36.7. The van der Waals surface area contributed by atoms with Crippen LogP contribution in [0.1, 0.15) is 23.2 Å². The van der Waals surface area contributed by atoms with Gasteiger partial charge < -0.3 is 15.7 Å². The van der Waals surface area contributed by atoms with E-state index >= 15 is 0 Å². The molecule has 3 rings (SSSR count). The molecule has 0 aromatic heterocycles. The average Bonchev–Trinajstić information content (AvgIpc) is 2.69. The van der Waals surface area contributed by atoms with Crippen LogP contribution in [0.25, 0.3) is 0 Å². The minimum atomic E-state index is -0.991. The molecule has 0 saturated heterocycles. The molecule has 2 amide bonds. The summed E-state index contributed by atoms with van der Waals surface area (Å²) in [6.07, 6.45) is 4.28. The van der Waals surface area contributed by atoms with Crippen LogP contribution in [0.3, 0.4) is 0 Å². The molecule has 0 spiro atoms. The van der Waals surface area contributed by atoms with Crippen molar-refractivity contribution in [3.8, 4) is 0 Å². The van der Waals surface area contributed by atoms with Gasteiger partial charge in [0.1, 0.15) is 0 Å². The summed E-state index contributed by atoms with van der Waals surface area (Å²) in [7, 11) is 0. The number of amides is 2. The average molecular weight is 364 g/mol. The van der Waals surface area contributed by atoms with E-state index in [9.17, 15) is 19.5 Å². The smallest absolute Gasteiger partial charge is 0.307 e. The molecule has 0 saturated carbocycles. The number of rotatable bonds is 5. The molecule has 2 aromatic carbocycles. The number of carboxylic acids is 1. The van der Waals surface area contributed by atoms with Crippen molar-refractivity contribution < 1.29 is 19.5 Å². The fraction of sp³-hybridized carbons (Fsp3) is 0.190. The number of hydrogen-bond donors (Lipinski definition) is 3. The van der Waals surface area contributed by atoms with Gasteiger partial charge in [0.25, 0.3) is 5.91 Å². The molecule has 2 aromatic rings. The fourth-order valence-electron chi connectivity index (χ4n) is 3.11. The van der Waals surface area contributed by atoms with Gasteiger partial charge in [0.15, 0.2) is 0 Å². The number of para-hydroxylation sites is 2. The van der Waals surface area contributed by atoms with Crippen LogP contribution in [0, 0.1) is 11.8 Å². The predicted octanol–water partition coefficient (Wildman–Crippen LogP) is 3.54. The van der Waals surface area contributed by atoms with Gasteiger partial charge in [-0.2, -0.15) is 0 Å². The molecule has 0 radical (unpaired) electrons. The highest BCUT2D eigenvalue weighted by Crippen LogP contribution is 2.28. The SMILES string of the molecule is O=C(Nc1ccccc1)c1ccccc1NC(=O)[C@H]1CC=CC[C@@H]1C(=O)O. The van der Waals surface area contributed by atoms with Gasteiger partial charge >= 0.3 is 5.97 Å². The first kappa shape index (κ1) is 18.4. The molecule has 1 aliphatic rings. The van der Waals surface area contributed by atoms with Crippen molar-refractivity contribution in [2.45, 2.75) is 12.8 Å². The second-order valence-corrected chi connectivity index (χ2v) is 6.35. The second kappa shape index (κ2) is 8.31. The highest BCUT2D eigenvalue weighted by atomic mass is 16.4. The van der Waals surface area contributed by atoms with Crippen LogP contribution in [0.5, 0.6) is 0 Å². The summed E-state index contributed by atoms with van der Waals surface area (Å²) in [5.41, 5.74) is 1.31. The van der Waals surface area contributed by atoms with E-state index in [2.05, 4.69) is 10.6 Å². The van der Waals surface area contributed by atoms with Gasteiger partial charge in [0, 0.05) is 5.69 Å². The van der Waals surface area contributed by atoms with Crippen LogP contribution in [0.4, 0.5) is 11.4 Å². The van der Waals surface area contributed by atoms with Gasteiger partial charge in [0.2, 0.25) is 5.91 Å². The molecule has 2 atom stereocenters. The van der Waals surface area contributed by atoms with E-state index in [1.54, 1.807) is 42.5 Å². The molecule has 6 nitrogen and oxygen atoms in total. The molecule has 138 valence electrons. The lowest BCUT2D eigenvalue weighted by molar-refractivity contribution is -0.146. The van der Waals surface area contributed by atoms with E-state index in [1.807, 2.05) is 24.3 Å². The number of anilines is 2. The summed E-state index contributed by atoms with van der Waals surface area (Å²) in [6.45, 7) is 0. The minimum absolute atomic E-state index is 0.313. The van der Waals surface area contributed by atoms with Crippen molar-refractivity contribution in [3.05, 3.63) is 72.3 Å². The predicted molar refractivity (Wildman–Crippen MR) is 102 cm³/mol. The van der Waals surface area contributed by atoms with Crippen molar-refractivity contribution in [1.82, 2.24) is 0 Å². The topological polar surface area (TPSA) is 95.5 Å². The van der Waals surface area contributed by atoms with Crippen LogP contribution >= 0.6 is 0 Å². The molecule has 0 unspecified atom stereocenters. The fourth-order valence-corrected chi connectivity index (χ4v) is 3.11. The zero-order valence-corrected chi connectivity index (χ0v) is 14.6. The first-order valence-electron chi connectivity index (χ1n) is 8.70. The van der Waals surface area contributed by atoms with Crippen molar-refractivity contribution in [2.24, 2.45) is 11.8 Å². The maximum absolute atomic E-state index is 12.7. The number of carboxylic acid groups (broad SMARTS) is 1. The summed E-state index contributed by atoms with van der Waals surface area (Å²) in [5.74, 6) is -3.17. The number of allylic oxidation sites excluding steroid dienone is 2. The Labute approximate surface area is 156 Å². The number of nitrogens with one attached hydrogen (secondary N) is 2. The van der Waals surface area contributed by atoms with E-state index in [-0.39, 0.29) is 5.91 Å². The van der Waals surface area contributed by atoms with Crippen LogP contribution in [-0.2, 0) is 9.59 Å². The number of benzene rings is 2. The zero-order chi connectivity index (χ0) is 19.2. The van der Waals surface area contributed by atoms with Gasteiger partial charge in [-0.05, 0) is 37.1 Å². The molecule has 6 heteroatoms. The number of hydrogen-bond acceptors (Lipinski definition) is 3. The molecular formula is C21H20N2O4. The third-order valence-electron chi connectivity index (χ3n) is 4.55. The minimum Gasteiger partial charge on any atom is -0.481 e. The summed E-state index contributed by atoms with van der Waals surface area (Å²) >= 11 is 0. The highest BCUT2D eigenvalue weighted by Gasteiger charge is 2.34. The molecule has 27 heavy (non-hydrogen) atoms. The van der Waals surface area contributed by atoms with Crippen LogP contribution in [-0.4, -0.2) is 22.9 Å². The Kier molecular flexibility index (Phi) is 5.66. The first-order valence-corrected chi connectivity index (χ1v) is 8.70. The monoisotopic (exact) mass is 364 g/mol. The lowest BCUT2D eigenvalue weighted by Gasteiger charge is -2.24. The van der Waals surface area contributed by atoms with Crippen molar-refractivity contribution in [2.75, 3.05) is 10.6 Å². The lowest BCUT2D eigenvalue weighted by atomic mass is 9.82. The highest BCUT2D eigenvalue weighted by molar-refractivity contribution is 6.10. The molecule has 0 aliphatic heterocycles. The maximum Gasteiger partial charge on any atom is 0.307 e.